The number of H-pyrrole nitrogens is 1. The van der Waals surface area contributed by atoms with Gasteiger partial charge in [-0.15, -0.1) is 10.2 Å². The number of rotatable bonds is 7. The van der Waals surface area contributed by atoms with Crippen LogP contribution in [0.4, 0.5) is 5.13 Å². The van der Waals surface area contributed by atoms with Crippen LogP contribution in [0.15, 0.2) is 20.5 Å². The first-order valence-corrected chi connectivity index (χ1v) is 12.2. The van der Waals surface area contributed by atoms with Gasteiger partial charge in [0.15, 0.2) is 15.1 Å². The molecule has 4 heterocycles. The third-order valence-corrected chi connectivity index (χ3v) is 7.38. The first-order valence-electron chi connectivity index (χ1n) is 9.54. The van der Waals surface area contributed by atoms with Gasteiger partial charge in [-0.05, 0) is 25.5 Å². The number of ether oxygens (including phenoxy) is 1. The van der Waals surface area contributed by atoms with E-state index in [0.717, 1.165) is 22.9 Å². The summed E-state index contributed by atoms with van der Waals surface area (Å²) in [5, 5.41) is 16.0. The SMILES string of the molecule is CCSc1nnc(NC(=O)C(C)Sc2nc3c(cnn3C3CCOCC3)c(=O)[nH]2)s1. The van der Waals surface area contributed by atoms with Crippen LogP contribution in [0, 0.1) is 0 Å². The molecule has 3 aromatic heterocycles. The van der Waals surface area contributed by atoms with Gasteiger partial charge in [-0.1, -0.05) is 41.8 Å². The second-order valence-corrected chi connectivity index (χ2v) is 10.4. The maximum Gasteiger partial charge on any atom is 0.262 e. The van der Waals surface area contributed by atoms with Gasteiger partial charge in [-0.25, -0.2) is 9.67 Å². The monoisotopic (exact) mass is 467 g/mol. The van der Waals surface area contributed by atoms with Gasteiger partial charge in [-0.3, -0.25) is 14.9 Å². The van der Waals surface area contributed by atoms with Crippen molar-refractivity contribution >= 4 is 56.9 Å². The molecule has 160 valence electrons. The van der Waals surface area contributed by atoms with Crippen molar-refractivity contribution in [2.75, 3.05) is 24.3 Å². The second kappa shape index (κ2) is 9.45. The fraction of sp³-hybridized carbons (Fsp3) is 0.529. The summed E-state index contributed by atoms with van der Waals surface area (Å²) in [6.45, 7) is 5.11. The molecule has 0 aromatic carbocycles. The molecule has 0 aliphatic carbocycles. The van der Waals surface area contributed by atoms with E-state index in [4.69, 9.17) is 4.74 Å². The van der Waals surface area contributed by atoms with Crippen molar-refractivity contribution in [1.82, 2.24) is 29.9 Å². The van der Waals surface area contributed by atoms with Crippen LogP contribution in [0.25, 0.3) is 11.0 Å². The number of hydrogen-bond donors (Lipinski definition) is 2. The molecule has 10 nitrogen and oxygen atoms in total. The Morgan fingerprint density at radius 2 is 2.23 bits per heavy atom. The van der Waals surface area contributed by atoms with E-state index in [9.17, 15) is 9.59 Å². The topological polar surface area (TPSA) is 128 Å². The minimum absolute atomic E-state index is 0.150. The molecule has 0 radical (unpaired) electrons. The van der Waals surface area contributed by atoms with Crippen LogP contribution < -0.4 is 10.9 Å². The summed E-state index contributed by atoms with van der Waals surface area (Å²) in [6, 6.07) is 0.150. The standard InChI is InChI=1S/C17H21N7O3S3/c1-3-28-17-23-22-16(30-17)20-13(25)9(2)29-15-19-12-11(14(26)21-15)8-18-24(12)10-4-6-27-7-5-10/h8-10H,3-7H2,1-2H3,(H,19,21,26)(H,20,22,25). The Hall–Kier alpha value is -1.96. The van der Waals surface area contributed by atoms with E-state index in [2.05, 4.69) is 30.6 Å². The molecule has 1 fully saturated rings. The van der Waals surface area contributed by atoms with Crippen LogP contribution >= 0.6 is 34.9 Å². The smallest absolute Gasteiger partial charge is 0.262 e. The van der Waals surface area contributed by atoms with Crippen LogP contribution in [0.5, 0.6) is 0 Å². The highest BCUT2D eigenvalue weighted by molar-refractivity contribution is 8.01. The number of amides is 1. The number of thioether (sulfide) groups is 2. The first-order chi connectivity index (χ1) is 14.5. The Bertz CT molecular complexity index is 1090. The van der Waals surface area contributed by atoms with Crippen molar-refractivity contribution in [2.24, 2.45) is 0 Å². The molecule has 1 aliphatic heterocycles. The third kappa shape index (κ3) is 4.68. The van der Waals surface area contributed by atoms with Gasteiger partial charge in [0, 0.05) is 13.2 Å². The molecule has 1 amide bonds. The molecular formula is C17H21N7O3S3. The third-order valence-electron chi connectivity index (χ3n) is 4.54. The van der Waals surface area contributed by atoms with E-state index in [0.29, 0.717) is 34.5 Å². The normalized spacial score (nSPS) is 16.1. The van der Waals surface area contributed by atoms with Crippen LogP contribution in [-0.2, 0) is 9.53 Å². The first kappa shape index (κ1) is 21.3. The van der Waals surface area contributed by atoms with Gasteiger partial charge in [-0.2, -0.15) is 5.10 Å². The Morgan fingerprint density at radius 3 is 3.00 bits per heavy atom. The number of aromatic nitrogens is 6. The molecule has 1 saturated heterocycles. The molecule has 0 spiro atoms. The van der Waals surface area contributed by atoms with Crippen molar-refractivity contribution in [2.45, 2.75) is 47.5 Å². The van der Waals surface area contributed by atoms with E-state index < -0.39 is 5.25 Å². The number of carbonyl (C=O) groups excluding carboxylic acids is 1. The van der Waals surface area contributed by atoms with Crippen molar-refractivity contribution in [3.63, 3.8) is 0 Å². The minimum Gasteiger partial charge on any atom is -0.381 e. The fourth-order valence-electron chi connectivity index (χ4n) is 3.04. The van der Waals surface area contributed by atoms with Gasteiger partial charge in [0.05, 0.1) is 17.5 Å². The summed E-state index contributed by atoms with van der Waals surface area (Å²) in [5.41, 5.74) is 0.268. The summed E-state index contributed by atoms with van der Waals surface area (Å²) in [7, 11) is 0. The zero-order chi connectivity index (χ0) is 21.1. The predicted molar refractivity (Wildman–Crippen MR) is 117 cm³/mol. The van der Waals surface area contributed by atoms with E-state index in [1.54, 1.807) is 29.6 Å². The Balaban J connectivity index is 1.49. The van der Waals surface area contributed by atoms with Gasteiger partial charge < -0.3 is 9.72 Å². The van der Waals surface area contributed by atoms with E-state index >= 15 is 0 Å². The zero-order valence-corrected chi connectivity index (χ0v) is 18.9. The van der Waals surface area contributed by atoms with E-state index in [1.165, 1.54) is 23.1 Å². The number of nitrogens with zero attached hydrogens (tertiary/aromatic N) is 5. The van der Waals surface area contributed by atoms with Crippen LogP contribution in [0.1, 0.15) is 32.7 Å². The average molecular weight is 468 g/mol. The summed E-state index contributed by atoms with van der Waals surface area (Å²) >= 11 is 4.09. The van der Waals surface area contributed by atoms with Crippen LogP contribution in [-0.4, -0.2) is 60.1 Å². The van der Waals surface area contributed by atoms with Crippen molar-refractivity contribution < 1.29 is 9.53 Å². The quantitative estimate of drug-likeness (QED) is 0.306. The number of nitrogens with one attached hydrogen (secondary N) is 2. The number of carbonyl (C=O) groups is 1. The van der Waals surface area contributed by atoms with E-state index in [-0.39, 0.29) is 17.5 Å². The van der Waals surface area contributed by atoms with Crippen molar-refractivity contribution in [3.05, 3.63) is 16.6 Å². The highest BCUT2D eigenvalue weighted by Crippen LogP contribution is 2.27. The number of aromatic amines is 1. The lowest BCUT2D eigenvalue weighted by molar-refractivity contribution is -0.115. The Morgan fingerprint density at radius 1 is 1.43 bits per heavy atom. The van der Waals surface area contributed by atoms with Gasteiger partial charge in [0.25, 0.3) is 5.56 Å². The minimum atomic E-state index is -0.490. The number of fused-ring (bicyclic) bond motifs is 1. The molecule has 13 heteroatoms. The number of hydrogen-bond acceptors (Lipinski definition) is 10. The maximum atomic E-state index is 12.5. The lowest BCUT2D eigenvalue weighted by Crippen LogP contribution is -2.23. The molecule has 2 N–H and O–H groups in total. The summed E-state index contributed by atoms with van der Waals surface area (Å²) in [6.07, 6.45) is 3.20. The summed E-state index contributed by atoms with van der Waals surface area (Å²) in [4.78, 5) is 32.4. The molecule has 1 atom stereocenters. The molecule has 1 unspecified atom stereocenters. The lowest BCUT2D eigenvalue weighted by Gasteiger charge is -2.22. The Kier molecular flexibility index (Phi) is 6.71. The molecule has 1 aliphatic rings. The van der Waals surface area contributed by atoms with Crippen molar-refractivity contribution in [3.8, 4) is 0 Å². The fourth-order valence-corrected chi connectivity index (χ4v) is 5.48. The van der Waals surface area contributed by atoms with Crippen LogP contribution in [0.3, 0.4) is 0 Å². The maximum absolute atomic E-state index is 12.5. The second-order valence-electron chi connectivity index (χ2n) is 6.60. The molecule has 3 aromatic rings. The lowest BCUT2D eigenvalue weighted by atomic mass is 10.1. The zero-order valence-electron chi connectivity index (χ0n) is 16.5. The largest absolute Gasteiger partial charge is 0.381 e. The Labute approximate surface area is 184 Å². The molecule has 0 bridgehead atoms. The van der Waals surface area contributed by atoms with Gasteiger partial charge >= 0.3 is 0 Å². The van der Waals surface area contributed by atoms with E-state index in [1.807, 2.05) is 6.92 Å². The predicted octanol–water partition coefficient (Wildman–Crippen LogP) is 2.55. The molecular weight excluding hydrogens is 446 g/mol. The average Bonchev–Trinajstić information content (AvgIpc) is 3.36. The summed E-state index contributed by atoms with van der Waals surface area (Å²) in [5.74, 6) is 0.658. The van der Waals surface area contributed by atoms with Gasteiger partial charge in [0.2, 0.25) is 11.0 Å². The van der Waals surface area contributed by atoms with Crippen LogP contribution in [0.2, 0.25) is 0 Å². The molecule has 4 rings (SSSR count). The highest BCUT2D eigenvalue weighted by atomic mass is 32.2. The summed E-state index contributed by atoms with van der Waals surface area (Å²) < 4.78 is 8.02. The number of anilines is 1. The highest BCUT2D eigenvalue weighted by Gasteiger charge is 2.22. The molecule has 30 heavy (non-hydrogen) atoms. The van der Waals surface area contributed by atoms with Crippen molar-refractivity contribution in [1.29, 1.82) is 0 Å². The van der Waals surface area contributed by atoms with Gasteiger partial charge in [0.1, 0.15) is 5.39 Å². The molecule has 0 saturated carbocycles.